The first-order chi connectivity index (χ1) is 6.69. The molecule has 0 fully saturated rings. The minimum absolute atomic E-state index is 0.0851. The van der Waals surface area contributed by atoms with Crippen molar-refractivity contribution in [3.8, 4) is 11.8 Å². The van der Waals surface area contributed by atoms with Crippen molar-refractivity contribution >= 4 is 0 Å². The van der Waals surface area contributed by atoms with Crippen molar-refractivity contribution in [3.05, 3.63) is 29.3 Å². The van der Waals surface area contributed by atoms with E-state index in [2.05, 4.69) is 0 Å². The molecule has 0 saturated heterocycles. The summed E-state index contributed by atoms with van der Waals surface area (Å²) >= 11 is 0. The highest BCUT2D eigenvalue weighted by Gasteiger charge is 2.10. The van der Waals surface area contributed by atoms with Crippen molar-refractivity contribution in [1.82, 2.24) is 0 Å². The summed E-state index contributed by atoms with van der Waals surface area (Å²) in [5, 5.41) is 26.6. The summed E-state index contributed by atoms with van der Waals surface area (Å²) < 4.78 is 0. The summed E-state index contributed by atoms with van der Waals surface area (Å²) in [4.78, 5) is 0. The molecule has 1 atom stereocenters. The molecule has 0 radical (unpaired) electrons. The maximum atomic E-state index is 9.16. The van der Waals surface area contributed by atoms with Crippen LogP contribution in [-0.4, -0.2) is 10.2 Å². The maximum absolute atomic E-state index is 9.16. The second-order valence-electron chi connectivity index (χ2n) is 3.01. The van der Waals surface area contributed by atoms with E-state index in [1.165, 1.54) is 12.1 Å². The van der Waals surface area contributed by atoms with E-state index in [0.717, 1.165) is 0 Å². The smallest absolute Gasteiger partial charge is 0.115 e. The molecule has 0 amide bonds. The van der Waals surface area contributed by atoms with Gasteiger partial charge in [0.2, 0.25) is 0 Å². The van der Waals surface area contributed by atoms with Crippen molar-refractivity contribution in [1.29, 1.82) is 5.26 Å². The summed E-state index contributed by atoms with van der Waals surface area (Å²) in [6, 6.07) is 6.12. The van der Waals surface area contributed by atoms with Crippen LogP contribution in [0.5, 0.6) is 5.75 Å². The number of rotatable bonds is 3. The summed E-state index contributed by atoms with van der Waals surface area (Å²) in [6.07, 6.45) is 0.192. The summed E-state index contributed by atoms with van der Waals surface area (Å²) in [5.74, 6) is 0.0851. The van der Waals surface area contributed by atoms with Gasteiger partial charge in [0.05, 0.1) is 19.1 Å². The fourth-order valence-electron chi connectivity index (χ4n) is 1.30. The first-order valence-electron chi connectivity index (χ1n) is 4.24. The van der Waals surface area contributed by atoms with Gasteiger partial charge in [-0.15, -0.1) is 0 Å². The number of aliphatic hydroxyl groups is 1. The van der Waals surface area contributed by atoms with Crippen molar-refractivity contribution < 1.29 is 10.2 Å². The Bertz CT molecular complexity index is 358. The van der Waals surface area contributed by atoms with Gasteiger partial charge in [-0.05, 0) is 23.3 Å². The van der Waals surface area contributed by atoms with Crippen LogP contribution in [0.1, 0.15) is 23.6 Å². The normalized spacial score (nSPS) is 12.1. The van der Waals surface area contributed by atoms with Gasteiger partial charge in [-0.3, -0.25) is 0 Å². The van der Waals surface area contributed by atoms with Crippen LogP contribution in [-0.2, 0) is 6.61 Å². The average Bonchev–Trinajstić information content (AvgIpc) is 2.17. The van der Waals surface area contributed by atoms with Gasteiger partial charge in [0, 0.05) is 6.04 Å². The fourth-order valence-corrected chi connectivity index (χ4v) is 1.30. The van der Waals surface area contributed by atoms with Crippen LogP contribution in [0, 0.1) is 11.3 Å². The van der Waals surface area contributed by atoms with Crippen LogP contribution in [0.3, 0.4) is 0 Å². The number of nitrogens with two attached hydrogens (primary N) is 1. The second-order valence-corrected chi connectivity index (χ2v) is 3.01. The van der Waals surface area contributed by atoms with Crippen LogP contribution in [0.15, 0.2) is 18.2 Å². The molecule has 0 saturated carbocycles. The van der Waals surface area contributed by atoms with Gasteiger partial charge >= 0.3 is 0 Å². The largest absolute Gasteiger partial charge is 0.508 e. The highest BCUT2D eigenvalue weighted by atomic mass is 16.3. The molecule has 4 nitrogen and oxygen atoms in total. The number of phenolic OH excluding ortho intramolecular Hbond substituents is 1. The molecule has 0 aromatic heterocycles. The Hall–Kier alpha value is -1.57. The second kappa shape index (κ2) is 4.61. The van der Waals surface area contributed by atoms with E-state index in [-0.39, 0.29) is 18.8 Å². The van der Waals surface area contributed by atoms with Crippen LogP contribution < -0.4 is 5.73 Å². The van der Waals surface area contributed by atoms with E-state index in [1.807, 2.05) is 6.07 Å². The van der Waals surface area contributed by atoms with Gasteiger partial charge in [0.1, 0.15) is 5.75 Å². The lowest BCUT2D eigenvalue weighted by Gasteiger charge is -2.12. The molecule has 0 unspecified atom stereocenters. The molecule has 1 aromatic rings. The number of benzene rings is 1. The fraction of sp³-hybridized carbons (Fsp3) is 0.300. The Balaban J connectivity index is 3.02. The van der Waals surface area contributed by atoms with E-state index >= 15 is 0 Å². The van der Waals surface area contributed by atoms with Crippen molar-refractivity contribution in [2.75, 3.05) is 0 Å². The third-order valence-corrected chi connectivity index (χ3v) is 2.01. The molecule has 0 aliphatic heterocycles. The van der Waals surface area contributed by atoms with Gasteiger partial charge < -0.3 is 15.9 Å². The molecule has 4 heteroatoms. The molecular weight excluding hydrogens is 180 g/mol. The molecule has 4 N–H and O–H groups in total. The Morgan fingerprint density at radius 1 is 1.50 bits per heavy atom. The summed E-state index contributed by atoms with van der Waals surface area (Å²) in [7, 11) is 0. The summed E-state index contributed by atoms with van der Waals surface area (Å²) in [5.41, 5.74) is 6.98. The Morgan fingerprint density at radius 2 is 2.21 bits per heavy atom. The minimum Gasteiger partial charge on any atom is -0.508 e. The Kier molecular flexibility index (Phi) is 3.46. The number of phenols is 1. The average molecular weight is 192 g/mol. The molecule has 14 heavy (non-hydrogen) atoms. The Morgan fingerprint density at radius 3 is 2.79 bits per heavy atom. The molecule has 0 aliphatic rings. The zero-order chi connectivity index (χ0) is 10.6. The highest BCUT2D eigenvalue weighted by Crippen LogP contribution is 2.22. The van der Waals surface area contributed by atoms with Gasteiger partial charge in [-0.25, -0.2) is 0 Å². The van der Waals surface area contributed by atoms with Gasteiger partial charge in [-0.2, -0.15) is 5.26 Å². The van der Waals surface area contributed by atoms with E-state index in [4.69, 9.17) is 21.2 Å². The van der Waals surface area contributed by atoms with E-state index in [0.29, 0.717) is 11.1 Å². The quantitative estimate of drug-likeness (QED) is 0.660. The molecule has 1 rings (SSSR count). The predicted octanol–water partition coefficient (Wildman–Crippen LogP) is 0.798. The zero-order valence-corrected chi connectivity index (χ0v) is 7.64. The number of hydrogen-bond acceptors (Lipinski definition) is 4. The van der Waals surface area contributed by atoms with Crippen molar-refractivity contribution in [2.45, 2.75) is 19.1 Å². The number of hydrogen-bond donors (Lipinski definition) is 3. The molecule has 0 aliphatic carbocycles. The van der Waals surface area contributed by atoms with Gasteiger partial charge in [0.25, 0.3) is 0 Å². The third kappa shape index (κ3) is 2.22. The maximum Gasteiger partial charge on any atom is 0.115 e. The predicted molar refractivity (Wildman–Crippen MR) is 51.2 cm³/mol. The van der Waals surface area contributed by atoms with Crippen LogP contribution >= 0.6 is 0 Å². The molecular formula is C10H12N2O2. The lowest BCUT2D eigenvalue weighted by molar-refractivity contribution is 0.279. The van der Waals surface area contributed by atoms with E-state index in [9.17, 15) is 0 Å². The number of aromatic hydroxyl groups is 1. The number of nitrogens with zero attached hydrogens (tertiary/aromatic N) is 1. The minimum atomic E-state index is -0.414. The monoisotopic (exact) mass is 192 g/mol. The van der Waals surface area contributed by atoms with Gasteiger partial charge in [-0.1, -0.05) is 6.07 Å². The highest BCUT2D eigenvalue weighted by molar-refractivity contribution is 5.36. The molecule has 0 bridgehead atoms. The van der Waals surface area contributed by atoms with Crippen molar-refractivity contribution in [2.24, 2.45) is 5.73 Å². The van der Waals surface area contributed by atoms with Crippen LogP contribution in [0.4, 0.5) is 0 Å². The lowest BCUT2D eigenvalue weighted by Crippen LogP contribution is -2.11. The van der Waals surface area contributed by atoms with E-state index < -0.39 is 6.04 Å². The first kappa shape index (κ1) is 10.5. The topological polar surface area (TPSA) is 90.3 Å². The molecule has 1 aromatic carbocycles. The number of aliphatic hydroxyl groups excluding tert-OH is 1. The zero-order valence-electron chi connectivity index (χ0n) is 7.64. The van der Waals surface area contributed by atoms with E-state index in [1.54, 1.807) is 6.07 Å². The lowest BCUT2D eigenvalue weighted by atomic mass is 9.99. The number of nitriles is 1. The standard InChI is InChI=1S/C10H12N2O2/c11-4-3-10(12)9-2-1-8(14)5-7(9)6-13/h1-2,5,10,13-14H,3,6,12H2/t10-/m0/s1. The van der Waals surface area contributed by atoms with Crippen LogP contribution in [0.25, 0.3) is 0 Å². The third-order valence-electron chi connectivity index (χ3n) is 2.01. The molecule has 0 heterocycles. The van der Waals surface area contributed by atoms with Crippen molar-refractivity contribution in [3.63, 3.8) is 0 Å². The molecule has 0 spiro atoms. The molecule has 74 valence electrons. The Labute approximate surface area is 82.2 Å². The van der Waals surface area contributed by atoms with Gasteiger partial charge in [0.15, 0.2) is 0 Å². The van der Waals surface area contributed by atoms with Crippen LogP contribution in [0.2, 0.25) is 0 Å². The summed E-state index contributed by atoms with van der Waals surface area (Å²) in [6.45, 7) is -0.192. The first-order valence-corrected chi connectivity index (χ1v) is 4.24. The SMILES string of the molecule is N#CC[C@H](N)c1ccc(O)cc1CO.